The van der Waals surface area contributed by atoms with Gasteiger partial charge in [-0.15, -0.1) is 0 Å². The molecule has 0 aliphatic heterocycles. The Kier molecular flexibility index (Phi) is 5.08. The number of aromatic hydroxyl groups is 1. The van der Waals surface area contributed by atoms with Gasteiger partial charge in [0.25, 0.3) is 0 Å². The number of anilines is 1. The van der Waals surface area contributed by atoms with Gasteiger partial charge in [-0.05, 0) is 67.3 Å². The van der Waals surface area contributed by atoms with Crippen LogP contribution in [0.2, 0.25) is 0 Å². The Labute approximate surface area is 139 Å². The van der Waals surface area contributed by atoms with E-state index >= 15 is 0 Å². The average Bonchev–Trinajstić information content (AvgIpc) is 2.51. The molecule has 0 aromatic heterocycles. The number of rotatable bonds is 4. The first kappa shape index (κ1) is 17.3. The van der Waals surface area contributed by atoms with Gasteiger partial charge in [0.05, 0.1) is 0 Å². The molecule has 1 amide bonds. The Balaban J connectivity index is 2.32. The van der Waals surface area contributed by atoms with Gasteiger partial charge in [-0.2, -0.15) is 0 Å². The topological polar surface area (TPSA) is 95.9 Å². The minimum absolute atomic E-state index is 0.180. The minimum atomic E-state index is -1.54. The molecular weight excluding hydrogens is 310 g/mol. The van der Waals surface area contributed by atoms with Crippen molar-refractivity contribution < 1.29 is 24.5 Å². The van der Waals surface area contributed by atoms with Crippen LogP contribution >= 0.6 is 0 Å². The predicted molar refractivity (Wildman–Crippen MR) is 89.7 cm³/mol. The molecule has 3 N–H and O–H groups in total. The van der Waals surface area contributed by atoms with E-state index in [1.165, 1.54) is 0 Å². The van der Waals surface area contributed by atoms with E-state index in [9.17, 15) is 14.7 Å². The van der Waals surface area contributed by atoms with Crippen molar-refractivity contribution in [3.8, 4) is 17.2 Å². The van der Waals surface area contributed by atoms with Crippen LogP contribution < -0.4 is 10.1 Å². The van der Waals surface area contributed by atoms with Gasteiger partial charge >= 0.3 is 11.9 Å². The second-order valence-corrected chi connectivity index (χ2v) is 5.45. The molecule has 0 heterocycles. The van der Waals surface area contributed by atoms with E-state index in [1.807, 2.05) is 20.8 Å². The van der Waals surface area contributed by atoms with Crippen LogP contribution in [0, 0.1) is 13.8 Å². The molecule has 6 nitrogen and oxygen atoms in total. The summed E-state index contributed by atoms with van der Waals surface area (Å²) in [6, 6.07) is 8.21. The van der Waals surface area contributed by atoms with Gasteiger partial charge in [-0.3, -0.25) is 4.79 Å². The molecule has 2 aromatic rings. The standard InChI is InChI=1S/C18H19NO5/c1-4-12-9-14(20)5-6-15(12)24-16-10(2)7-13(8-11(16)3)19-17(21)18(22)23/h5-9,20H,4H2,1-3H3,(H,19,21)(H,22,23). The van der Waals surface area contributed by atoms with E-state index in [-0.39, 0.29) is 5.75 Å². The van der Waals surface area contributed by atoms with Crippen molar-refractivity contribution in [2.45, 2.75) is 27.2 Å². The van der Waals surface area contributed by atoms with Crippen molar-refractivity contribution in [1.82, 2.24) is 0 Å². The number of hydrogen-bond acceptors (Lipinski definition) is 4. The van der Waals surface area contributed by atoms with Gasteiger partial charge in [0.15, 0.2) is 0 Å². The number of carbonyl (C=O) groups is 2. The average molecular weight is 329 g/mol. The van der Waals surface area contributed by atoms with Crippen LogP contribution in [0.25, 0.3) is 0 Å². The molecule has 126 valence electrons. The highest BCUT2D eigenvalue weighted by Crippen LogP contribution is 2.34. The zero-order valence-corrected chi connectivity index (χ0v) is 13.7. The summed E-state index contributed by atoms with van der Waals surface area (Å²) in [6.45, 7) is 5.58. The molecule has 24 heavy (non-hydrogen) atoms. The molecule has 0 bridgehead atoms. The first-order valence-electron chi connectivity index (χ1n) is 7.47. The van der Waals surface area contributed by atoms with Crippen molar-refractivity contribution in [1.29, 1.82) is 0 Å². The SMILES string of the molecule is CCc1cc(O)ccc1Oc1c(C)cc(NC(=O)C(=O)O)cc1C. The molecule has 0 unspecified atom stereocenters. The molecule has 0 aliphatic rings. The molecule has 0 atom stereocenters. The van der Waals surface area contributed by atoms with Crippen molar-refractivity contribution in [3.05, 3.63) is 47.0 Å². The minimum Gasteiger partial charge on any atom is -0.508 e. The molecular formula is C18H19NO5. The monoisotopic (exact) mass is 329 g/mol. The summed E-state index contributed by atoms with van der Waals surface area (Å²) in [6.07, 6.45) is 0.703. The summed E-state index contributed by atoms with van der Waals surface area (Å²) in [5.41, 5.74) is 2.78. The number of hydrogen-bond donors (Lipinski definition) is 3. The third-order valence-corrected chi connectivity index (χ3v) is 3.55. The smallest absolute Gasteiger partial charge is 0.394 e. The molecule has 2 aromatic carbocycles. The normalized spacial score (nSPS) is 10.3. The predicted octanol–water partition coefficient (Wildman–Crippen LogP) is 3.39. The van der Waals surface area contributed by atoms with E-state index in [1.54, 1.807) is 30.3 Å². The van der Waals surface area contributed by atoms with Gasteiger partial charge in [-0.1, -0.05) is 6.92 Å². The summed E-state index contributed by atoms with van der Waals surface area (Å²) >= 11 is 0. The molecule has 0 spiro atoms. The van der Waals surface area contributed by atoms with Gasteiger partial charge in [0, 0.05) is 5.69 Å². The fraction of sp³-hybridized carbons (Fsp3) is 0.222. The largest absolute Gasteiger partial charge is 0.508 e. The molecule has 0 fully saturated rings. The first-order chi connectivity index (χ1) is 11.3. The van der Waals surface area contributed by atoms with Crippen LogP contribution in [0.4, 0.5) is 5.69 Å². The number of ether oxygens (including phenoxy) is 1. The van der Waals surface area contributed by atoms with E-state index < -0.39 is 11.9 Å². The Morgan fingerprint density at radius 1 is 1.12 bits per heavy atom. The van der Waals surface area contributed by atoms with Crippen LogP contribution in [0.5, 0.6) is 17.2 Å². The quantitative estimate of drug-likeness (QED) is 0.747. The maximum Gasteiger partial charge on any atom is 0.394 e. The highest BCUT2D eigenvalue weighted by atomic mass is 16.5. The van der Waals surface area contributed by atoms with Crippen LogP contribution in [0.1, 0.15) is 23.6 Å². The highest BCUT2D eigenvalue weighted by Gasteiger charge is 2.14. The van der Waals surface area contributed by atoms with Crippen LogP contribution in [0.3, 0.4) is 0 Å². The van der Waals surface area contributed by atoms with E-state index in [2.05, 4.69) is 5.32 Å². The number of phenols is 1. The summed E-state index contributed by atoms with van der Waals surface area (Å²) in [4.78, 5) is 21.9. The lowest BCUT2D eigenvalue weighted by Gasteiger charge is -2.16. The van der Waals surface area contributed by atoms with Crippen LogP contribution in [-0.4, -0.2) is 22.1 Å². The second kappa shape index (κ2) is 7.04. The zero-order chi connectivity index (χ0) is 17.9. The number of carboxylic acid groups (broad SMARTS) is 1. The number of aliphatic carboxylic acids is 1. The molecule has 6 heteroatoms. The third kappa shape index (κ3) is 3.84. The number of phenolic OH excluding ortho intramolecular Hbond substituents is 1. The highest BCUT2D eigenvalue weighted by molar-refractivity contribution is 6.36. The van der Waals surface area contributed by atoms with Crippen molar-refractivity contribution in [2.75, 3.05) is 5.32 Å². The Hall–Kier alpha value is -3.02. The number of aryl methyl sites for hydroxylation is 3. The summed E-state index contributed by atoms with van der Waals surface area (Å²) in [5, 5.41) is 20.5. The fourth-order valence-corrected chi connectivity index (χ4v) is 2.42. The summed E-state index contributed by atoms with van der Waals surface area (Å²) in [7, 11) is 0. The van der Waals surface area contributed by atoms with E-state index in [0.29, 0.717) is 23.6 Å². The van der Waals surface area contributed by atoms with E-state index in [4.69, 9.17) is 9.84 Å². The van der Waals surface area contributed by atoms with Crippen molar-refractivity contribution in [3.63, 3.8) is 0 Å². The second-order valence-electron chi connectivity index (χ2n) is 5.45. The lowest BCUT2D eigenvalue weighted by molar-refractivity contribution is -0.147. The van der Waals surface area contributed by atoms with Gasteiger partial charge in [0.1, 0.15) is 17.2 Å². The van der Waals surface area contributed by atoms with Gasteiger partial charge in [-0.25, -0.2) is 4.79 Å². The molecule has 0 aliphatic carbocycles. The Morgan fingerprint density at radius 3 is 2.29 bits per heavy atom. The number of benzene rings is 2. The van der Waals surface area contributed by atoms with Crippen molar-refractivity contribution >= 4 is 17.6 Å². The number of amides is 1. The van der Waals surface area contributed by atoms with E-state index in [0.717, 1.165) is 16.7 Å². The number of nitrogens with one attached hydrogen (secondary N) is 1. The molecule has 0 saturated heterocycles. The lowest BCUT2D eigenvalue weighted by Crippen LogP contribution is -2.21. The number of carbonyl (C=O) groups excluding carboxylic acids is 1. The Morgan fingerprint density at radius 2 is 1.75 bits per heavy atom. The summed E-state index contributed by atoms with van der Waals surface area (Å²) in [5.74, 6) is -1.18. The van der Waals surface area contributed by atoms with Gasteiger partial charge < -0.3 is 20.3 Å². The van der Waals surface area contributed by atoms with Crippen molar-refractivity contribution in [2.24, 2.45) is 0 Å². The van der Waals surface area contributed by atoms with Crippen LogP contribution in [0.15, 0.2) is 30.3 Å². The maximum atomic E-state index is 11.3. The molecule has 0 radical (unpaired) electrons. The molecule has 0 saturated carbocycles. The first-order valence-corrected chi connectivity index (χ1v) is 7.47. The van der Waals surface area contributed by atoms with Crippen LogP contribution in [-0.2, 0) is 16.0 Å². The number of carboxylic acids is 1. The summed E-state index contributed by atoms with van der Waals surface area (Å²) < 4.78 is 5.98. The lowest BCUT2D eigenvalue weighted by atomic mass is 10.1. The third-order valence-electron chi connectivity index (χ3n) is 3.55. The molecule has 2 rings (SSSR count). The Bertz CT molecular complexity index is 775. The maximum absolute atomic E-state index is 11.3. The van der Waals surface area contributed by atoms with Gasteiger partial charge in [0.2, 0.25) is 0 Å². The zero-order valence-electron chi connectivity index (χ0n) is 13.7. The fourth-order valence-electron chi connectivity index (χ4n) is 2.42.